The van der Waals surface area contributed by atoms with E-state index in [0.717, 1.165) is 27.1 Å². The molecule has 51 heavy (non-hydrogen) atoms. The molecule has 1 aliphatic heterocycles. The second-order valence-corrected chi connectivity index (χ2v) is 14.6. The van der Waals surface area contributed by atoms with Crippen LogP contribution in [0.25, 0.3) is 0 Å². The van der Waals surface area contributed by atoms with Crippen molar-refractivity contribution in [3.05, 3.63) is 174 Å². The lowest BCUT2D eigenvalue weighted by atomic mass is 9.98. The average Bonchev–Trinajstić information content (AvgIpc) is 3.19. The third-order valence-electron chi connectivity index (χ3n) is 8.57. The van der Waals surface area contributed by atoms with Gasteiger partial charge in [0.2, 0.25) is 0 Å². The summed E-state index contributed by atoms with van der Waals surface area (Å²) >= 11 is 3.96. The van der Waals surface area contributed by atoms with Crippen LogP contribution in [0.3, 0.4) is 0 Å². The van der Waals surface area contributed by atoms with E-state index in [9.17, 15) is 0 Å². The van der Waals surface area contributed by atoms with Crippen molar-refractivity contribution in [3.63, 3.8) is 0 Å². The van der Waals surface area contributed by atoms with Crippen LogP contribution in [0.15, 0.2) is 157 Å². The lowest BCUT2D eigenvalue weighted by Crippen LogP contribution is -2.62. The minimum Gasteiger partial charge on any atom is -0.374 e. The molecule has 1 aliphatic rings. The van der Waals surface area contributed by atoms with Crippen molar-refractivity contribution in [2.75, 3.05) is 11.0 Å². The van der Waals surface area contributed by atoms with Crippen LogP contribution in [-0.2, 0) is 54.8 Å². The number of thioether (sulfide) groups is 1. The molecule has 0 amide bonds. The van der Waals surface area contributed by atoms with E-state index in [1.54, 1.807) is 11.8 Å². The molecule has 0 spiro atoms. The molecule has 0 radical (unpaired) electrons. The molecule has 0 aromatic heterocycles. The van der Waals surface area contributed by atoms with Crippen LogP contribution >= 0.6 is 34.4 Å². The maximum atomic E-state index is 7.12. The number of alkyl halides is 1. The van der Waals surface area contributed by atoms with E-state index in [1.807, 2.05) is 97.9 Å². The summed E-state index contributed by atoms with van der Waals surface area (Å²) in [6.07, 6.45) is -2.07. The van der Waals surface area contributed by atoms with Gasteiger partial charge in [0.1, 0.15) is 29.9 Å². The van der Waals surface area contributed by atoms with Crippen LogP contribution in [-0.4, -0.2) is 46.7 Å². The zero-order chi connectivity index (χ0) is 35.1. The van der Waals surface area contributed by atoms with Crippen molar-refractivity contribution in [3.8, 4) is 0 Å². The normalized spacial score (nSPS) is 21.6. The van der Waals surface area contributed by atoms with Gasteiger partial charge in [-0.2, -0.15) is 0 Å². The Hall–Kier alpha value is -3.06. The fourth-order valence-corrected chi connectivity index (χ4v) is 7.39. The zero-order valence-electron chi connectivity index (χ0n) is 28.8. The minimum absolute atomic E-state index is 0.312. The highest BCUT2D eigenvalue weighted by Gasteiger charge is 2.51. The Labute approximate surface area is 319 Å². The number of benzene rings is 5. The summed E-state index contributed by atoms with van der Waals surface area (Å²) in [5.41, 5.74) is 3.83. The lowest BCUT2D eigenvalue weighted by Gasteiger charge is -2.48. The summed E-state index contributed by atoms with van der Waals surface area (Å²) in [6.45, 7) is 3.93. The average molecular weight is 817 g/mol. The van der Waals surface area contributed by atoms with Crippen LogP contribution in [0.2, 0.25) is 0 Å². The Morgan fingerprint density at radius 2 is 1.02 bits per heavy atom. The van der Waals surface area contributed by atoms with Crippen LogP contribution < -0.4 is 0 Å². The number of ether oxygens (including phenoxy) is 6. The molecule has 0 bridgehead atoms. The Morgan fingerprint density at radius 1 is 0.569 bits per heavy atom. The molecule has 1 unspecified atom stereocenters. The SMILES string of the molecule is CC(CI)(OCc1ccccc1)O[C@@H]1[C@@H](OCc2ccccc2)[C@H](OCc2ccccc2)[C@@H](COCc2ccccc2)O[C@H]1Sc1ccccc1. The zero-order valence-corrected chi connectivity index (χ0v) is 31.8. The van der Waals surface area contributed by atoms with Gasteiger partial charge in [0.15, 0.2) is 5.79 Å². The molecule has 266 valence electrons. The molecule has 5 aromatic rings. The molecule has 0 saturated carbocycles. The van der Waals surface area contributed by atoms with Crippen LogP contribution in [0.4, 0.5) is 0 Å². The van der Waals surface area contributed by atoms with E-state index in [4.69, 9.17) is 28.4 Å². The second kappa shape index (κ2) is 19.7. The maximum Gasteiger partial charge on any atom is 0.175 e. The van der Waals surface area contributed by atoms with Crippen molar-refractivity contribution >= 4 is 34.4 Å². The maximum absolute atomic E-state index is 7.12. The first-order valence-corrected chi connectivity index (χ1v) is 19.7. The molecule has 6 atom stereocenters. The van der Waals surface area contributed by atoms with Gasteiger partial charge in [-0.05, 0) is 41.3 Å². The van der Waals surface area contributed by atoms with Gasteiger partial charge in [0.25, 0.3) is 0 Å². The summed E-state index contributed by atoms with van der Waals surface area (Å²) in [7, 11) is 0. The number of rotatable bonds is 18. The first-order valence-electron chi connectivity index (χ1n) is 17.3. The van der Waals surface area contributed by atoms with E-state index in [2.05, 4.69) is 83.3 Å². The van der Waals surface area contributed by atoms with Crippen LogP contribution in [0, 0.1) is 0 Å². The van der Waals surface area contributed by atoms with Gasteiger partial charge in [-0.15, -0.1) is 0 Å². The molecule has 0 aliphatic carbocycles. The molecule has 1 fully saturated rings. The van der Waals surface area contributed by atoms with Gasteiger partial charge in [-0.1, -0.05) is 174 Å². The largest absolute Gasteiger partial charge is 0.374 e. The first-order chi connectivity index (χ1) is 25.1. The molecule has 6 nitrogen and oxygen atoms in total. The second-order valence-electron chi connectivity index (χ2n) is 12.6. The van der Waals surface area contributed by atoms with Gasteiger partial charge in [-0.3, -0.25) is 0 Å². The molecule has 6 rings (SSSR count). The predicted octanol–water partition coefficient (Wildman–Crippen LogP) is 9.64. The molecule has 1 heterocycles. The Kier molecular flexibility index (Phi) is 14.5. The summed E-state index contributed by atoms with van der Waals surface area (Å²) in [4.78, 5) is 1.06. The summed E-state index contributed by atoms with van der Waals surface area (Å²) < 4.78 is 41.4. The molecule has 0 N–H and O–H groups in total. The van der Waals surface area contributed by atoms with Gasteiger partial charge < -0.3 is 28.4 Å². The summed E-state index contributed by atoms with van der Waals surface area (Å²) in [5, 5.41) is 0. The minimum atomic E-state index is -0.949. The van der Waals surface area contributed by atoms with E-state index < -0.39 is 35.6 Å². The molecule has 8 heteroatoms. The quantitative estimate of drug-likeness (QED) is 0.0496. The lowest BCUT2D eigenvalue weighted by molar-refractivity contribution is -0.311. The third kappa shape index (κ3) is 11.5. The van der Waals surface area contributed by atoms with E-state index >= 15 is 0 Å². The Bertz CT molecular complexity index is 1690. The Morgan fingerprint density at radius 3 is 1.53 bits per heavy atom. The van der Waals surface area contributed by atoms with Crippen molar-refractivity contribution < 1.29 is 28.4 Å². The fourth-order valence-electron chi connectivity index (χ4n) is 5.86. The first kappa shape index (κ1) is 37.7. The number of hydrogen-bond acceptors (Lipinski definition) is 7. The number of halogens is 1. The highest BCUT2D eigenvalue weighted by molar-refractivity contribution is 14.1. The smallest absolute Gasteiger partial charge is 0.175 e. The van der Waals surface area contributed by atoms with Gasteiger partial charge in [-0.25, -0.2) is 0 Å². The summed E-state index contributed by atoms with van der Waals surface area (Å²) in [5.74, 6) is -0.949. The monoisotopic (exact) mass is 816 g/mol. The third-order valence-corrected chi connectivity index (χ3v) is 11.1. The Balaban J connectivity index is 1.34. The van der Waals surface area contributed by atoms with Gasteiger partial charge >= 0.3 is 0 Å². The molecular weight excluding hydrogens is 771 g/mol. The summed E-state index contributed by atoms with van der Waals surface area (Å²) in [6, 6.07) is 51.0. The van der Waals surface area contributed by atoms with Crippen LogP contribution in [0.5, 0.6) is 0 Å². The standard InChI is InChI=1S/C43H45IO6S/c1-43(32-44,48-30-36-23-13-5-14-24-36)50-41-40(47-29-35-21-11-4-12-22-35)39(46-28-34-19-9-3-10-20-34)38(31-45-27-33-17-7-2-8-18-33)49-42(41)51-37-25-15-6-16-26-37/h2-26,38-42H,27-32H2,1H3/t38-,39-,40+,41-,42+,43?/m1/s1. The van der Waals surface area contributed by atoms with E-state index in [0.29, 0.717) is 37.5 Å². The van der Waals surface area contributed by atoms with Crippen molar-refractivity contribution in [1.82, 2.24) is 0 Å². The molecular formula is C43H45IO6S. The van der Waals surface area contributed by atoms with Gasteiger partial charge in [0.05, 0.1) is 37.5 Å². The van der Waals surface area contributed by atoms with Crippen LogP contribution in [0.1, 0.15) is 29.2 Å². The topological polar surface area (TPSA) is 55.4 Å². The fraction of sp³-hybridized carbons (Fsp3) is 0.302. The highest BCUT2D eigenvalue weighted by Crippen LogP contribution is 2.40. The number of hydrogen-bond donors (Lipinski definition) is 0. The van der Waals surface area contributed by atoms with Crippen molar-refractivity contribution in [2.45, 2.75) is 73.9 Å². The van der Waals surface area contributed by atoms with Crippen molar-refractivity contribution in [2.24, 2.45) is 0 Å². The predicted molar refractivity (Wildman–Crippen MR) is 210 cm³/mol. The molecule has 1 saturated heterocycles. The van der Waals surface area contributed by atoms with E-state index in [-0.39, 0.29) is 0 Å². The van der Waals surface area contributed by atoms with E-state index in [1.165, 1.54) is 0 Å². The van der Waals surface area contributed by atoms with Gasteiger partial charge in [0, 0.05) is 4.90 Å². The van der Waals surface area contributed by atoms with Crippen molar-refractivity contribution in [1.29, 1.82) is 0 Å². The highest BCUT2D eigenvalue weighted by atomic mass is 127. The molecule has 5 aromatic carbocycles.